The maximum atomic E-state index is 14.0. The summed E-state index contributed by atoms with van der Waals surface area (Å²) in [6, 6.07) is -2.78. The van der Waals surface area contributed by atoms with Crippen LogP contribution < -0.4 is 21.3 Å². The van der Waals surface area contributed by atoms with Crippen molar-refractivity contribution in [3.05, 3.63) is 48.6 Å². The van der Waals surface area contributed by atoms with Gasteiger partial charge < -0.3 is 59.5 Å². The van der Waals surface area contributed by atoms with E-state index in [9.17, 15) is 52.5 Å². The largest absolute Gasteiger partial charge is 0.472 e. The molecule has 0 aromatic heterocycles. The molecule has 4 amide bonds. The van der Waals surface area contributed by atoms with E-state index in [2.05, 4.69) is 125 Å². The van der Waals surface area contributed by atoms with Crippen LogP contribution in [-0.4, -0.2) is 154 Å². The minimum atomic E-state index is -4.86. The van der Waals surface area contributed by atoms with E-state index < -0.39 is 96.4 Å². The van der Waals surface area contributed by atoms with Gasteiger partial charge in [0.15, 0.2) is 0 Å². The Morgan fingerprint density at radius 2 is 0.516 bits per heavy atom. The van der Waals surface area contributed by atoms with Gasteiger partial charge in [0.2, 0.25) is 11.8 Å². The van der Waals surface area contributed by atoms with E-state index in [0.717, 1.165) is 205 Å². The minimum absolute atomic E-state index is 0.132. The van der Waals surface area contributed by atoms with Gasteiger partial charge >= 0.3 is 45.6 Å². The van der Waals surface area contributed by atoms with Crippen molar-refractivity contribution < 1.29 is 99.0 Å². The Balaban J connectivity index is 6.38. The topological polar surface area (TPSA) is 335 Å². The number of phosphoric acid groups is 2. The number of rotatable bonds is 94. The molecule has 0 rings (SSSR count). The molecular weight excluding hydrogens is 1640 g/mol. The number of carbonyl (C=O) groups is 7. The molecule has 0 fully saturated rings. The fourth-order valence-electron chi connectivity index (χ4n) is 14.3. The number of urea groups is 1. The second-order valence-electron chi connectivity index (χ2n) is 34.2. The van der Waals surface area contributed by atoms with Crippen molar-refractivity contribution in [1.82, 2.24) is 21.3 Å². The third-order valence-electron chi connectivity index (χ3n) is 21.8. The monoisotopic (exact) mass is 1830 g/mol. The number of amides is 4. The molecule has 126 heavy (non-hydrogen) atoms. The lowest BCUT2D eigenvalue weighted by atomic mass is 10.1. The molecule has 0 radical (unpaired) electrons. The van der Waals surface area contributed by atoms with Gasteiger partial charge in [0, 0.05) is 51.6 Å². The first-order valence-corrected chi connectivity index (χ1v) is 53.5. The average Bonchev–Trinajstić information content (AvgIpc) is 0.906. The van der Waals surface area contributed by atoms with Crippen LogP contribution in [0.5, 0.6) is 0 Å². The zero-order valence-electron chi connectivity index (χ0n) is 80.6. The van der Waals surface area contributed by atoms with E-state index in [4.69, 9.17) is 46.5 Å². The maximum Gasteiger partial charge on any atom is 0.472 e. The summed E-state index contributed by atoms with van der Waals surface area (Å²) in [5, 5.41) is 10.7. The summed E-state index contributed by atoms with van der Waals surface area (Å²) in [6.07, 6.45) is 67.2. The number of hydrogen-bond donors (Lipinski definition) is 6. The molecule has 25 nitrogen and oxygen atoms in total. The number of ether oxygens (including phenoxy) is 6. The molecule has 736 valence electrons. The van der Waals surface area contributed by atoms with E-state index in [1.807, 2.05) is 0 Å². The highest BCUT2D eigenvalue weighted by Gasteiger charge is 2.30. The van der Waals surface area contributed by atoms with Crippen molar-refractivity contribution in [2.45, 2.75) is 477 Å². The van der Waals surface area contributed by atoms with Gasteiger partial charge in [-0.1, -0.05) is 284 Å². The molecule has 6 N–H and O–H groups in total. The quantitative estimate of drug-likeness (QED) is 0.0108. The summed E-state index contributed by atoms with van der Waals surface area (Å²) in [7, 11) is -9.73. The van der Waals surface area contributed by atoms with Crippen LogP contribution in [0.3, 0.4) is 0 Å². The van der Waals surface area contributed by atoms with Gasteiger partial charge in [-0.3, -0.25) is 46.9 Å². The maximum absolute atomic E-state index is 14.0. The van der Waals surface area contributed by atoms with E-state index in [1.165, 1.54) is 77.0 Å². The van der Waals surface area contributed by atoms with Crippen molar-refractivity contribution in [3.63, 3.8) is 0 Å². The molecule has 0 aliphatic heterocycles. The Morgan fingerprint density at radius 3 is 0.786 bits per heavy atom. The highest BCUT2D eigenvalue weighted by molar-refractivity contribution is 7.47. The van der Waals surface area contributed by atoms with E-state index in [-0.39, 0.29) is 102 Å². The van der Waals surface area contributed by atoms with Gasteiger partial charge in [-0.05, 0) is 154 Å². The van der Waals surface area contributed by atoms with E-state index in [1.54, 1.807) is 0 Å². The van der Waals surface area contributed by atoms with Crippen LogP contribution in [0.25, 0.3) is 0 Å². The van der Waals surface area contributed by atoms with Gasteiger partial charge in [-0.15, -0.1) is 0 Å². The summed E-state index contributed by atoms with van der Waals surface area (Å²) >= 11 is 0. The zero-order valence-corrected chi connectivity index (χ0v) is 82.4. The van der Waals surface area contributed by atoms with Gasteiger partial charge in [-0.25, -0.2) is 13.9 Å². The van der Waals surface area contributed by atoms with Crippen LogP contribution in [0, 0.1) is 0 Å². The first-order chi connectivity index (χ1) is 61.2. The van der Waals surface area contributed by atoms with Crippen molar-refractivity contribution in [2.75, 3.05) is 65.9 Å². The first kappa shape index (κ1) is 121. The van der Waals surface area contributed by atoms with Crippen LogP contribution in [-0.2, 0) is 84.4 Å². The molecule has 0 aromatic carbocycles. The Labute approximate surface area is 765 Å². The summed E-state index contributed by atoms with van der Waals surface area (Å²) in [5.41, 5.74) is 0. The summed E-state index contributed by atoms with van der Waals surface area (Å²) in [5.74, 6) is -2.30. The van der Waals surface area contributed by atoms with E-state index >= 15 is 0 Å². The minimum Gasteiger partial charge on any atom is -0.462 e. The lowest BCUT2D eigenvalue weighted by Crippen LogP contribution is -2.43. The van der Waals surface area contributed by atoms with Gasteiger partial charge in [0.25, 0.3) is 0 Å². The number of unbranched alkanes of at least 4 members (excludes halogenated alkanes) is 36. The van der Waals surface area contributed by atoms with Gasteiger partial charge in [0.05, 0.1) is 77.8 Å². The van der Waals surface area contributed by atoms with Crippen molar-refractivity contribution in [1.29, 1.82) is 0 Å². The van der Waals surface area contributed by atoms with Gasteiger partial charge in [0.1, 0.15) is 24.4 Å². The third-order valence-corrected chi connectivity index (χ3v) is 23.8. The molecule has 0 heterocycles. The highest BCUT2D eigenvalue weighted by atomic mass is 31.2. The van der Waals surface area contributed by atoms with Crippen molar-refractivity contribution in [2.24, 2.45) is 0 Å². The molecule has 0 bridgehead atoms. The van der Waals surface area contributed by atoms with Crippen molar-refractivity contribution in [3.8, 4) is 0 Å². The number of phosphoric ester groups is 2. The van der Waals surface area contributed by atoms with Crippen LogP contribution in [0.1, 0.15) is 441 Å². The normalized spacial score (nSPS) is 14.2. The number of hydrogen-bond acceptors (Lipinski definition) is 19. The fourth-order valence-corrected chi connectivity index (χ4v) is 15.8. The molecule has 0 saturated carbocycles. The smallest absolute Gasteiger partial charge is 0.462 e. The van der Waals surface area contributed by atoms with Gasteiger partial charge in [-0.2, -0.15) is 0 Å². The number of allylic oxidation sites excluding steroid dienone is 8. The third kappa shape index (κ3) is 83.5. The average molecular weight is 1830 g/mol. The number of carbonyl (C=O) groups excluding carboxylic acids is 7. The molecule has 0 aromatic rings. The second kappa shape index (κ2) is 89.4. The lowest BCUT2D eigenvalue weighted by molar-refractivity contribution is -0.152. The lowest BCUT2D eigenvalue weighted by Gasteiger charge is -2.23. The molecular formula is C99H184N4O21P2. The first-order valence-electron chi connectivity index (χ1n) is 50.6. The second-order valence-corrected chi connectivity index (χ2v) is 37.1. The Hall–Kier alpha value is -4.81. The molecule has 8 atom stereocenters. The molecule has 0 aliphatic rings. The number of esters is 4. The molecule has 27 heteroatoms. The number of nitrogens with one attached hydrogen (secondary N) is 4. The summed E-state index contributed by atoms with van der Waals surface area (Å²) in [4.78, 5) is 116. The standard InChI is InChI=1S/C99H184N4O21P2/c1-9-17-25-33-37-41-45-53-61-69-95(106)121-89(65-57-49-29-21-13-5)73-77-115-83-87(102-93(104)81-91(67-59-51-31-23-15-7)123-97(108)71-63-55-47-43-39-35-27-19-11-3)85-119-125(111,112)117-79-75-100-99(110)101-76-80-118-126(113,114)120-86-88(84-116-78-74-90(66-58-50-30-22-14-6)122-96(107)70-62-54-46-42-38-34-26-18-10-2)103-94(105)82-92(68-60-52-32-24-16-8)124-98(109)72-64-56-48-44-40-36-28-20-12-4/h41-48,87-92H,9-40,49-86H2,1-8H3,(H,102,104)(H,103,105)(H,111,112)(H,113,114)(H2,100,101,110)/b45-41-,46-42-,47-43+,48-44+/t87?,88?,89-,90-,91-,92-/m1/s1. The van der Waals surface area contributed by atoms with Crippen molar-refractivity contribution >= 4 is 57.4 Å². The summed E-state index contributed by atoms with van der Waals surface area (Å²) in [6.45, 7) is 14.6. The van der Waals surface area contributed by atoms with E-state index in [0.29, 0.717) is 64.2 Å². The Morgan fingerprint density at radius 1 is 0.278 bits per heavy atom. The molecule has 0 aliphatic carbocycles. The highest BCUT2D eigenvalue weighted by Crippen LogP contribution is 2.44. The SMILES string of the molecule is CCCCCC/C=C\CCCC(=O)O[C@H](CCCCCCC)CCOCC(COP(=O)(O)OCCNC(=O)NCCOP(=O)(O)OCC(COCC[C@@H](CCCCCCC)OC(=O)CCC/C=C\CCCCCC)NC(=O)C[C@@H](CCCCCCC)OC(=O)CCC/C=C/CCCCCC)NC(=O)C[C@@H](CCCCCCC)OC(=O)CCC/C=C/CCCCCC. The molecule has 0 saturated heterocycles. The predicted molar refractivity (Wildman–Crippen MR) is 509 cm³/mol. The summed E-state index contributed by atoms with van der Waals surface area (Å²) < 4.78 is 84.7. The van der Waals surface area contributed by atoms with Crippen LogP contribution in [0.15, 0.2) is 48.6 Å². The van der Waals surface area contributed by atoms with Crippen LogP contribution in [0.2, 0.25) is 0 Å². The zero-order chi connectivity index (χ0) is 92.6. The Kier molecular flexibility index (Phi) is 86.0. The van der Waals surface area contributed by atoms with Crippen LogP contribution in [0.4, 0.5) is 4.79 Å². The van der Waals surface area contributed by atoms with Crippen LogP contribution >= 0.6 is 15.6 Å². The predicted octanol–water partition coefficient (Wildman–Crippen LogP) is 25.0. The fraction of sp³-hybridized carbons (Fsp3) is 0.848. The molecule has 0 spiro atoms. The molecule has 4 unspecified atom stereocenters. The Bertz CT molecular complexity index is 2650.